The molecule has 0 aliphatic rings. The average Bonchev–Trinajstić information content (AvgIpc) is 2.68. The largest absolute Gasteiger partial charge is 0.493 e. The molecule has 0 atom stereocenters. The molecule has 0 aliphatic heterocycles. The van der Waals surface area contributed by atoms with Gasteiger partial charge in [-0.25, -0.2) is 0 Å². The van der Waals surface area contributed by atoms with Gasteiger partial charge in [-0.15, -0.1) is 0 Å². The van der Waals surface area contributed by atoms with Crippen molar-refractivity contribution in [3.63, 3.8) is 0 Å². The molecule has 0 heterocycles. The van der Waals surface area contributed by atoms with Gasteiger partial charge in [-0.05, 0) is 30.3 Å². The first-order valence-electron chi connectivity index (χ1n) is 7.38. The fourth-order valence-electron chi connectivity index (χ4n) is 2.04. The van der Waals surface area contributed by atoms with Crippen LogP contribution in [0.2, 0.25) is 0 Å². The zero-order valence-corrected chi connectivity index (χ0v) is 14.1. The summed E-state index contributed by atoms with van der Waals surface area (Å²) in [6, 6.07) is 14.8. The van der Waals surface area contributed by atoms with Gasteiger partial charge in [-0.2, -0.15) is 15.6 Å². The highest BCUT2D eigenvalue weighted by molar-refractivity contribution is 6.10. The molecule has 0 spiro atoms. The molecular formula is C18H15N5O3. The Morgan fingerprint density at radius 3 is 2.38 bits per heavy atom. The van der Waals surface area contributed by atoms with Gasteiger partial charge in [0, 0.05) is 17.3 Å². The van der Waals surface area contributed by atoms with Gasteiger partial charge in [0.2, 0.25) is 5.71 Å². The van der Waals surface area contributed by atoms with Crippen LogP contribution in [0.3, 0.4) is 0 Å². The molecule has 8 heteroatoms. The fraction of sp³-hybridized carbons (Fsp3) is 0.111. The zero-order chi connectivity index (χ0) is 18.9. The number of methoxy groups -OCH3 is 2. The first-order chi connectivity index (χ1) is 12.6. The maximum Gasteiger partial charge on any atom is 0.255 e. The molecule has 0 aromatic heterocycles. The summed E-state index contributed by atoms with van der Waals surface area (Å²) in [5.41, 5.74) is 3.63. The molecule has 0 aliphatic carbocycles. The Morgan fingerprint density at radius 1 is 1.00 bits per heavy atom. The predicted molar refractivity (Wildman–Crippen MR) is 96.2 cm³/mol. The predicted octanol–water partition coefficient (Wildman–Crippen LogP) is 2.77. The highest BCUT2D eigenvalue weighted by Gasteiger charge is 2.10. The summed E-state index contributed by atoms with van der Waals surface area (Å²) in [6.07, 6.45) is 0. The summed E-state index contributed by atoms with van der Waals surface area (Å²) in [5.74, 6) is 0.710. The first kappa shape index (κ1) is 18.3. The molecule has 0 radical (unpaired) electrons. The van der Waals surface area contributed by atoms with Crippen molar-refractivity contribution in [2.24, 2.45) is 5.10 Å². The Bertz CT molecular complexity index is 909. The van der Waals surface area contributed by atoms with Crippen molar-refractivity contribution in [1.82, 2.24) is 0 Å². The number of nitrogens with zero attached hydrogens (tertiary/aromatic N) is 3. The molecule has 0 bridgehead atoms. The van der Waals surface area contributed by atoms with Gasteiger partial charge in [0.05, 0.1) is 19.9 Å². The lowest BCUT2D eigenvalue weighted by molar-refractivity contribution is 0.102. The second kappa shape index (κ2) is 8.71. The van der Waals surface area contributed by atoms with Crippen molar-refractivity contribution in [3.8, 4) is 23.6 Å². The number of anilines is 2. The number of hydrazone groups is 1. The second-order valence-electron chi connectivity index (χ2n) is 4.90. The SMILES string of the molecule is COc1ccc(NC(=O)c2cccc(NN=C(C#N)C#N)c2)cc1OC. The molecule has 130 valence electrons. The first-order valence-corrected chi connectivity index (χ1v) is 7.38. The number of amides is 1. The molecule has 2 aromatic carbocycles. The molecule has 2 rings (SSSR count). The van der Waals surface area contributed by atoms with Gasteiger partial charge < -0.3 is 14.8 Å². The minimum absolute atomic E-state index is 0.315. The number of nitriles is 2. The Morgan fingerprint density at radius 2 is 1.73 bits per heavy atom. The van der Waals surface area contributed by atoms with Crippen LogP contribution < -0.4 is 20.2 Å². The maximum absolute atomic E-state index is 12.4. The van der Waals surface area contributed by atoms with Crippen molar-refractivity contribution >= 4 is 23.0 Å². The zero-order valence-electron chi connectivity index (χ0n) is 14.1. The Balaban J connectivity index is 2.16. The molecule has 0 unspecified atom stereocenters. The lowest BCUT2D eigenvalue weighted by Crippen LogP contribution is -2.12. The summed E-state index contributed by atoms with van der Waals surface area (Å²) in [7, 11) is 3.04. The average molecular weight is 349 g/mol. The van der Waals surface area contributed by atoms with Crippen LogP contribution in [0.5, 0.6) is 11.5 Å². The molecule has 1 amide bonds. The Labute approximate surface area is 150 Å². The maximum atomic E-state index is 12.4. The van der Waals surface area contributed by atoms with E-state index in [1.807, 2.05) is 0 Å². The smallest absolute Gasteiger partial charge is 0.255 e. The molecule has 0 saturated heterocycles. The van der Waals surface area contributed by atoms with Crippen LogP contribution >= 0.6 is 0 Å². The summed E-state index contributed by atoms with van der Waals surface area (Å²) in [5, 5.41) is 23.7. The number of ether oxygens (including phenoxy) is 2. The van der Waals surface area contributed by atoms with E-state index in [1.165, 1.54) is 14.2 Å². The molecular weight excluding hydrogens is 334 g/mol. The third-order valence-electron chi connectivity index (χ3n) is 3.27. The van der Waals surface area contributed by atoms with E-state index in [-0.39, 0.29) is 11.6 Å². The summed E-state index contributed by atoms with van der Waals surface area (Å²) >= 11 is 0. The third-order valence-corrected chi connectivity index (χ3v) is 3.27. The molecule has 26 heavy (non-hydrogen) atoms. The van der Waals surface area contributed by atoms with Crippen LogP contribution in [0.4, 0.5) is 11.4 Å². The van der Waals surface area contributed by atoms with E-state index in [4.69, 9.17) is 20.0 Å². The van der Waals surface area contributed by atoms with E-state index >= 15 is 0 Å². The minimum atomic E-state index is -0.342. The third kappa shape index (κ3) is 4.49. The van der Waals surface area contributed by atoms with Crippen molar-refractivity contribution in [1.29, 1.82) is 10.5 Å². The molecule has 2 aromatic rings. The van der Waals surface area contributed by atoms with E-state index in [1.54, 1.807) is 54.6 Å². The van der Waals surface area contributed by atoms with Gasteiger partial charge in [0.25, 0.3) is 5.91 Å². The van der Waals surface area contributed by atoms with E-state index < -0.39 is 0 Å². The van der Waals surface area contributed by atoms with Crippen LogP contribution in [0.1, 0.15) is 10.4 Å². The quantitative estimate of drug-likeness (QED) is 0.611. The molecule has 0 saturated carbocycles. The summed E-state index contributed by atoms with van der Waals surface area (Å²) in [6.45, 7) is 0. The van der Waals surface area contributed by atoms with E-state index in [9.17, 15) is 4.79 Å². The van der Waals surface area contributed by atoms with Gasteiger partial charge in [0.1, 0.15) is 12.1 Å². The van der Waals surface area contributed by atoms with Crippen LogP contribution in [0, 0.1) is 22.7 Å². The highest BCUT2D eigenvalue weighted by Crippen LogP contribution is 2.30. The van der Waals surface area contributed by atoms with Crippen LogP contribution in [0.15, 0.2) is 47.6 Å². The van der Waals surface area contributed by atoms with E-state index in [0.717, 1.165) is 0 Å². The number of carbonyl (C=O) groups is 1. The number of benzene rings is 2. The summed E-state index contributed by atoms with van der Waals surface area (Å²) < 4.78 is 10.4. The number of hydrogen-bond donors (Lipinski definition) is 2. The lowest BCUT2D eigenvalue weighted by atomic mass is 10.2. The number of hydrogen-bond acceptors (Lipinski definition) is 7. The molecule has 8 nitrogen and oxygen atoms in total. The highest BCUT2D eigenvalue weighted by atomic mass is 16.5. The topological polar surface area (TPSA) is 120 Å². The molecule has 2 N–H and O–H groups in total. The molecule has 0 fully saturated rings. The lowest BCUT2D eigenvalue weighted by Gasteiger charge is -2.11. The monoisotopic (exact) mass is 349 g/mol. The summed E-state index contributed by atoms with van der Waals surface area (Å²) in [4.78, 5) is 12.4. The van der Waals surface area contributed by atoms with Gasteiger partial charge in [-0.1, -0.05) is 6.07 Å². The van der Waals surface area contributed by atoms with Crippen molar-refractivity contribution in [3.05, 3.63) is 48.0 Å². The number of rotatable bonds is 6. The van der Waals surface area contributed by atoms with Crippen molar-refractivity contribution in [2.75, 3.05) is 25.0 Å². The number of nitrogens with one attached hydrogen (secondary N) is 2. The van der Waals surface area contributed by atoms with Gasteiger partial charge >= 0.3 is 0 Å². The normalized spacial score (nSPS) is 9.23. The van der Waals surface area contributed by atoms with E-state index in [2.05, 4.69) is 15.8 Å². The van der Waals surface area contributed by atoms with Gasteiger partial charge in [-0.3, -0.25) is 10.2 Å². The number of carbonyl (C=O) groups excluding carboxylic acids is 1. The van der Waals surface area contributed by atoms with Crippen LogP contribution in [0.25, 0.3) is 0 Å². The van der Waals surface area contributed by atoms with Crippen molar-refractivity contribution in [2.45, 2.75) is 0 Å². The van der Waals surface area contributed by atoms with Crippen molar-refractivity contribution < 1.29 is 14.3 Å². The Hall–Kier alpha value is -4.04. The van der Waals surface area contributed by atoms with Gasteiger partial charge in [0.15, 0.2) is 11.5 Å². The standard InChI is InChI=1S/C18H15N5O3/c1-25-16-7-6-13(9-17(16)26-2)21-18(24)12-4-3-5-14(8-12)22-23-15(10-19)11-20/h3-9,22H,1-2H3,(H,21,24). The minimum Gasteiger partial charge on any atom is -0.493 e. The van der Waals surface area contributed by atoms with E-state index in [0.29, 0.717) is 28.4 Å². The fourth-order valence-corrected chi connectivity index (χ4v) is 2.04. The second-order valence-corrected chi connectivity index (χ2v) is 4.90. The van der Waals surface area contributed by atoms with Crippen LogP contribution in [-0.4, -0.2) is 25.8 Å². The Kier molecular flexibility index (Phi) is 6.13. The van der Waals surface area contributed by atoms with Crippen LogP contribution in [-0.2, 0) is 0 Å².